The van der Waals surface area contributed by atoms with Crippen molar-refractivity contribution in [1.82, 2.24) is 0 Å². The Balaban J connectivity index is 1.72. The number of aryl methyl sites for hydroxylation is 1. The molecule has 0 saturated heterocycles. The molecule has 3 aromatic carbocycles. The van der Waals surface area contributed by atoms with Crippen LogP contribution in [0, 0.1) is 18.6 Å². The van der Waals surface area contributed by atoms with Crippen LogP contribution in [0.1, 0.15) is 19.4 Å². The fourth-order valence-corrected chi connectivity index (χ4v) is 3.25. The molecule has 36 heavy (non-hydrogen) atoms. The zero-order chi connectivity index (χ0) is 26.4. The summed E-state index contributed by atoms with van der Waals surface area (Å²) in [6.07, 6.45) is 0. The number of benzene rings is 3. The fourth-order valence-electron chi connectivity index (χ4n) is 3.25. The Bertz CT molecular complexity index is 1340. The Morgan fingerprint density at radius 3 is 1.92 bits per heavy atom. The van der Waals surface area contributed by atoms with Crippen molar-refractivity contribution in [3.05, 3.63) is 96.1 Å². The largest absolute Gasteiger partial charge is 0.487 e. The minimum Gasteiger partial charge on any atom is -0.487 e. The van der Waals surface area contributed by atoms with Crippen LogP contribution in [0.4, 0.5) is 8.78 Å². The molecule has 186 valence electrons. The lowest BCUT2D eigenvalue weighted by atomic mass is 9.98. The molecule has 0 unspecified atom stereocenters. The molecule has 5 nitrogen and oxygen atoms in total. The first kappa shape index (κ1) is 26.3. The van der Waals surface area contributed by atoms with Crippen LogP contribution in [-0.2, 0) is 14.3 Å². The van der Waals surface area contributed by atoms with E-state index in [1.807, 2.05) is 0 Å². The van der Waals surface area contributed by atoms with Gasteiger partial charge in [-0.15, -0.1) is 0 Å². The number of hydrogen-bond donors (Lipinski definition) is 0. The number of rotatable bonds is 9. The first-order chi connectivity index (χ1) is 17.1. The average molecular weight is 493 g/mol. The first-order valence-corrected chi connectivity index (χ1v) is 11.1. The van der Waals surface area contributed by atoms with E-state index < -0.39 is 23.6 Å². The van der Waals surface area contributed by atoms with Gasteiger partial charge >= 0.3 is 11.9 Å². The summed E-state index contributed by atoms with van der Waals surface area (Å²) in [6, 6.07) is 13.9. The Morgan fingerprint density at radius 1 is 0.750 bits per heavy atom. The zero-order valence-electron chi connectivity index (χ0n) is 20.3. The van der Waals surface area contributed by atoms with Crippen LogP contribution >= 0.6 is 0 Å². The van der Waals surface area contributed by atoms with Crippen LogP contribution in [0.25, 0.3) is 22.3 Å². The molecule has 0 bridgehead atoms. The van der Waals surface area contributed by atoms with E-state index in [0.29, 0.717) is 33.6 Å². The molecule has 0 atom stereocenters. The van der Waals surface area contributed by atoms with Crippen molar-refractivity contribution >= 4 is 11.9 Å². The molecule has 0 fully saturated rings. The van der Waals surface area contributed by atoms with Crippen LogP contribution in [0.15, 0.2) is 78.9 Å². The van der Waals surface area contributed by atoms with Crippen molar-refractivity contribution in [1.29, 1.82) is 0 Å². The van der Waals surface area contributed by atoms with Crippen LogP contribution in [0.2, 0.25) is 0 Å². The van der Waals surface area contributed by atoms with Crippen molar-refractivity contribution in [3.63, 3.8) is 0 Å². The molecule has 0 aliphatic heterocycles. The second-order valence-electron chi connectivity index (χ2n) is 8.25. The summed E-state index contributed by atoms with van der Waals surface area (Å²) in [5, 5.41) is 0. The molecule has 3 aromatic rings. The fraction of sp³-hybridized carbons (Fsp3) is 0.172. The first-order valence-electron chi connectivity index (χ1n) is 11.1. The van der Waals surface area contributed by atoms with E-state index in [9.17, 15) is 14.0 Å². The topological polar surface area (TPSA) is 61.8 Å². The predicted octanol–water partition coefficient (Wildman–Crippen LogP) is 6.59. The normalized spacial score (nSPS) is 10.5. The molecule has 0 heterocycles. The van der Waals surface area contributed by atoms with Crippen molar-refractivity contribution in [2.75, 3.05) is 13.2 Å². The Labute approximate surface area is 208 Å². The number of carbonyl (C=O) groups excluding carboxylic acids is 2. The standard InChI is InChI=1S/C29H26F2O5/c1-17(2)28(32)35-13-12-34-27-11-7-21(16-25(27)31)20-6-9-23(24(30)15-20)22-8-10-26(19(5)14-22)36-29(33)18(3)4/h6-11,14-16H,1,3,12-13H2,2,4-5H3. The molecule has 3 rings (SSSR count). The van der Waals surface area contributed by atoms with E-state index >= 15 is 4.39 Å². The maximum Gasteiger partial charge on any atom is 0.338 e. The smallest absolute Gasteiger partial charge is 0.338 e. The van der Waals surface area contributed by atoms with Crippen molar-refractivity contribution in [3.8, 4) is 33.8 Å². The summed E-state index contributed by atoms with van der Waals surface area (Å²) in [5.74, 6) is -1.83. The lowest BCUT2D eigenvalue weighted by Crippen LogP contribution is -2.12. The maximum atomic E-state index is 15.0. The molecule has 0 spiro atoms. The molecular weight excluding hydrogens is 466 g/mol. The highest BCUT2D eigenvalue weighted by molar-refractivity contribution is 5.89. The molecule has 0 aliphatic carbocycles. The molecule has 0 aliphatic rings. The van der Waals surface area contributed by atoms with Gasteiger partial charge in [-0.1, -0.05) is 37.4 Å². The molecule has 0 saturated carbocycles. The van der Waals surface area contributed by atoms with Gasteiger partial charge in [0, 0.05) is 16.7 Å². The Kier molecular flexibility index (Phi) is 8.38. The van der Waals surface area contributed by atoms with Crippen LogP contribution in [0.5, 0.6) is 11.5 Å². The molecule has 7 heteroatoms. The van der Waals surface area contributed by atoms with E-state index in [0.717, 1.165) is 0 Å². The second kappa shape index (κ2) is 11.4. The van der Waals surface area contributed by atoms with Gasteiger partial charge in [-0.05, 0) is 73.4 Å². The third kappa shape index (κ3) is 6.44. The summed E-state index contributed by atoms with van der Waals surface area (Å²) in [5.41, 5.74) is 3.12. The summed E-state index contributed by atoms with van der Waals surface area (Å²) < 4.78 is 45.1. The van der Waals surface area contributed by atoms with Crippen molar-refractivity contribution in [2.24, 2.45) is 0 Å². The van der Waals surface area contributed by atoms with Gasteiger partial charge in [0.25, 0.3) is 0 Å². The average Bonchev–Trinajstić information content (AvgIpc) is 2.83. The van der Waals surface area contributed by atoms with E-state index in [-0.39, 0.29) is 30.1 Å². The van der Waals surface area contributed by atoms with Gasteiger partial charge in [0.1, 0.15) is 24.8 Å². The number of halogens is 2. The highest BCUT2D eigenvalue weighted by Crippen LogP contribution is 2.32. The minimum atomic E-state index is -0.626. The van der Waals surface area contributed by atoms with Crippen LogP contribution in [0.3, 0.4) is 0 Å². The number of ether oxygens (including phenoxy) is 3. The lowest BCUT2D eigenvalue weighted by molar-refractivity contribution is -0.139. The Morgan fingerprint density at radius 2 is 1.33 bits per heavy atom. The van der Waals surface area contributed by atoms with E-state index in [2.05, 4.69) is 13.2 Å². The molecule has 0 N–H and O–H groups in total. The van der Waals surface area contributed by atoms with Crippen LogP contribution in [-0.4, -0.2) is 25.2 Å². The third-order valence-electron chi connectivity index (χ3n) is 5.19. The van der Waals surface area contributed by atoms with Crippen LogP contribution < -0.4 is 9.47 Å². The highest BCUT2D eigenvalue weighted by atomic mass is 19.1. The number of carbonyl (C=O) groups is 2. The van der Waals surface area contributed by atoms with Crippen molar-refractivity contribution < 1.29 is 32.6 Å². The third-order valence-corrected chi connectivity index (χ3v) is 5.19. The quantitative estimate of drug-likeness (QED) is 0.146. The minimum absolute atomic E-state index is 0.00914. The van der Waals surface area contributed by atoms with Gasteiger partial charge in [-0.2, -0.15) is 0 Å². The zero-order valence-corrected chi connectivity index (χ0v) is 20.3. The van der Waals surface area contributed by atoms with Gasteiger partial charge in [-0.25, -0.2) is 18.4 Å². The molecular formula is C29H26F2O5. The van der Waals surface area contributed by atoms with Gasteiger partial charge in [0.2, 0.25) is 0 Å². The summed E-state index contributed by atoms with van der Waals surface area (Å²) in [6.45, 7) is 11.8. The summed E-state index contributed by atoms with van der Waals surface area (Å²) in [7, 11) is 0. The second-order valence-corrected chi connectivity index (χ2v) is 8.25. The van der Waals surface area contributed by atoms with Gasteiger partial charge in [0.05, 0.1) is 0 Å². The van der Waals surface area contributed by atoms with Gasteiger partial charge in [0.15, 0.2) is 11.6 Å². The number of hydrogen-bond acceptors (Lipinski definition) is 5. The molecule has 0 amide bonds. The highest BCUT2D eigenvalue weighted by Gasteiger charge is 2.13. The van der Waals surface area contributed by atoms with Gasteiger partial charge in [-0.3, -0.25) is 0 Å². The molecule has 0 radical (unpaired) electrons. The molecule has 0 aromatic heterocycles. The lowest BCUT2D eigenvalue weighted by Gasteiger charge is -2.12. The van der Waals surface area contributed by atoms with Crippen molar-refractivity contribution in [2.45, 2.75) is 20.8 Å². The van der Waals surface area contributed by atoms with Gasteiger partial charge < -0.3 is 14.2 Å². The SMILES string of the molecule is C=C(C)C(=O)OCCOc1ccc(-c2ccc(-c3ccc(OC(=O)C(=C)C)c(C)c3)c(F)c2)cc1F. The predicted molar refractivity (Wildman–Crippen MR) is 134 cm³/mol. The van der Waals surface area contributed by atoms with E-state index in [4.69, 9.17) is 14.2 Å². The summed E-state index contributed by atoms with van der Waals surface area (Å²) in [4.78, 5) is 23.1. The monoisotopic (exact) mass is 492 g/mol. The summed E-state index contributed by atoms with van der Waals surface area (Å²) >= 11 is 0. The maximum absolute atomic E-state index is 15.0. The Hall–Kier alpha value is -4.26. The van der Waals surface area contributed by atoms with E-state index in [1.54, 1.807) is 50.2 Å². The van der Waals surface area contributed by atoms with E-state index in [1.165, 1.54) is 25.1 Å². The number of esters is 2.